The quantitative estimate of drug-likeness (QED) is 0.393. The highest BCUT2D eigenvalue weighted by Gasteiger charge is 2.35. The molecule has 1 saturated heterocycles. The minimum Gasteiger partial charge on any atom is -0.361 e. The number of hydrogen-bond donors (Lipinski definition) is 3. The zero-order chi connectivity index (χ0) is 21.8. The predicted molar refractivity (Wildman–Crippen MR) is 102 cm³/mol. The van der Waals surface area contributed by atoms with Crippen molar-refractivity contribution in [2.45, 2.75) is 44.3 Å². The number of hydrogen-bond acceptors (Lipinski definition) is 6. The maximum atomic E-state index is 13.5. The van der Waals surface area contributed by atoms with Gasteiger partial charge in [0.25, 0.3) is 23.4 Å². The second kappa shape index (κ2) is 9.41. The first kappa shape index (κ1) is 22.0. The lowest BCUT2D eigenvalue weighted by molar-refractivity contribution is -0.145. The number of nitrogens with one attached hydrogen (secondary N) is 3. The third-order valence-corrected chi connectivity index (χ3v) is 5.20. The fraction of sp³-hybridized carbons (Fsp3) is 0.611. The number of aromatic nitrogens is 1. The van der Waals surface area contributed by atoms with E-state index in [-0.39, 0.29) is 24.1 Å². The lowest BCUT2D eigenvalue weighted by Crippen LogP contribution is -2.56. The van der Waals surface area contributed by atoms with Gasteiger partial charge in [0.15, 0.2) is 5.69 Å². The highest BCUT2D eigenvalue weighted by atomic mass is 35.5. The first-order valence-electron chi connectivity index (χ1n) is 9.66. The first-order valence-corrected chi connectivity index (χ1v) is 10.1. The molecule has 0 aromatic carbocycles. The van der Waals surface area contributed by atoms with Crippen LogP contribution in [0.4, 0.5) is 4.39 Å². The van der Waals surface area contributed by atoms with Gasteiger partial charge in [0.2, 0.25) is 5.91 Å². The summed E-state index contributed by atoms with van der Waals surface area (Å²) in [5, 5.41) is 9.51. The predicted octanol–water partition coefficient (Wildman–Crippen LogP) is 0.412. The second-order valence-corrected chi connectivity index (χ2v) is 7.91. The largest absolute Gasteiger partial charge is 0.361 e. The number of carbonyl (C=O) groups excluding carboxylic acids is 4. The molecule has 164 valence electrons. The molecule has 3 rings (SSSR count). The summed E-state index contributed by atoms with van der Waals surface area (Å²) in [6.07, 6.45) is 2.62. The Morgan fingerprint density at radius 3 is 2.67 bits per heavy atom. The summed E-state index contributed by atoms with van der Waals surface area (Å²) in [6.45, 7) is 1.83. The minimum absolute atomic E-state index is 0.0150. The number of halogens is 2. The van der Waals surface area contributed by atoms with Crippen LogP contribution in [0.2, 0.25) is 0 Å². The van der Waals surface area contributed by atoms with Gasteiger partial charge in [-0.1, -0.05) is 29.6 Å². The van der Waals surface area contributed by atoms with Gasteiger partial charge >= 0.3 is 0 Å². The molecule has 2 fully saturated rings. The number of rotatable bonds is 8. The number of hydrazine groups is 1. The number of nitrogens with zero attached hydrogens (tertiary/aromatic N) is 2. The van der Waals surface area contributed by atoms with E-state index in [9.17, 15) is 23.6 Å². The van der Waals surface area contributed by atoms with Gasteiger partial charge in [-0.3, -0.25) is 24.6 Å². The Morgan fingerprint density at radius 2 is 2.13 bits per heavy atom. The van der Waals surface area contributed by atoms with Crippen LogP contribution in [0.1, 0.15) is 41.9 Å². The van der Waals surface area contributed by atoms with Crippen LogP contribution in [0.5, 0.6) is 0 Å². The third-order valence-electron chi connectivity index (χ3n) is 5.01. The van der Waals surface area contributed by atoms with Crippen molar-refractivity contribution in [2.24, 2.45) is 11.8 Å². The molecule has 0 bridgehead atoms. The van der Waals surface area contributed by atoms with E-state index in [1.54, 1.807) is 6.92 Å². The van der Waals surface area contributed by atoms with Crippen LogP contribution in [0.15, 0.2) is 10.6 Å². The average molecular weight is 444 g/mol. The van der Waals surface area contributed by atoms with Crippen LogP contribution in [0.25, 0.3) is 0 Å². The van der Waals surface area contributed by atoms with Gasteiger partial charge in [0.1, 0.15) is 11.8 Å². The van der Waals surface area contributed by atoms with Crippen molar-refractivity contribution in [1.82, 2.24) is 26.2 Å². The third kappa shape index (κ3) is 5.68. The zero-order valence-corrected chi connectivity index (χ0v) is 17.1. The number of alkyl halides is 2. The SMILES string of the molecule is Cc1cc(C(=O)N[C@@H](CC2CC2)C(=O)NN(C[C@@H]2CCNC2=O)C(=O)[C@H](F)Cl)no1. The molecule has 0 unspecified atom stereocenters. The number of carbonyl (C=O) groups is 4. The van der Waals surface area contributed by atoms with Crippen molar-refractivity contribution in [1.29, 1.82) is 0 Å². The van der Waals surface area contributed by atoms with Crippen molar-refractivity contribution in [3.63, 3.8) is 0 Å². The Kier molecular flexibility index (Phi) is 6.91. The molecule has 2 aliphatic rings. The Hall–Kier alpha value is -2.69. The summed E-state index contributed by atoms with van der Waals surface area (Å²) >= 11 is 5.27. The van der Waals surface area contributed by atoms with E-state index in [1.807, 2.05) is 0 Å². The van der Waals surface area contributed by atoms with E-state index >= 15 is 0 Å². The molecule has 30 heavy (non-hydrogen) atoms. The van der Waals surface area contributed by atoms with Crippen LogP contribution in [0, 0.1) is 18.8 Å². The summed E-state index contributed by atoms with van der Waals surface area (Å²) < 4.78 is 18.3. The monoisotopic (exact) mass is 443 g/mol. The summed E-state index contributed by atoms with van der Waals surface area (Å²) in [5.74, 6) is -2.71. The zero-order valence-electron chi connectivity index (χ0n) is 16.3. The van der Waals surface area contributed by atoms with Crippen molar-refractivity contribution < 1.29 is 28.1 Å². The molecule has 4 amide bonds. The lowest BCUT2D eigenvalue weighted by atomic mass is 10.1. The van der Waals surface area contributed by atoms with Crippen LogP contribution in [-0.4, -0.2) is 58.6 Å². The minimum atomic E-state index is -2.38. The maximum absolute atomic E-state index is 13.5. The van der Waals surface area contributed by atoms with E-state index in [1.165, 1.54) is 6.07 Å². The summed E-state index contributed by atoms with van der Waals surface area (Å²) in [6, 6.07) is 0.444. The van der Waals surface area contributed by atoms with Gasteiger partial charge in [-0.25, -0.2) is 9.40 Å². The van der Waals surface area contributed by atoms with E-state index in [2.05, 4.69) is 21.2 Å². The maximum Gasteiger partial charge on any atom is 0.291 e. The van der Waals surface area contributed by atoms with Gasteiger partial charge in [0, 0.05) is 12.6 Å². The summed E-state index contributed by atoms with van der Waals surface area (Å²) in [7, 11) is 0. The molecule has 3 N–H and O–H groups in total. The van der Waals surface area contributed by atoms with Crippen LogP contribution < -0.4 is 16.1 Å². The lowest BCUT2D eigenvalue weighted by Gasteiger charge is -2.28. The number of amides is 4. The normalized spacial score (nSPS) is 20.2. The molecule has 10 nitrogen and oxygen atoms in total. The molecule has 1 aliphatic heterocycles. The molecule has 12 heteroatoms. The summed E-state index contributed by atoms with van der Waals surface area (Å²) in [5.41, 5.74) is -0.0471. The second-order valence-electron chi connectivity index (χ2n) is 7.53. The van der Waals surface area contributed by atoms with Gasteiger partial charge < -0.3 is 15.2 Å². The van der Waals surface area contributed by atoms with E-state index in [0.29, 0.717) is 30.2 Å². The fourth-order valence-electron chi connectivity index (χ4n) is 3.18. The van der Waals surface area contributed by atoms with Gasteiger partial charge in [-0.15, -0.1) is 0 Å². The molecular formula is C18H23ClFN5O5. The highest BCUT2D eigenvalue weighted by molar-refractivity contribution is 6.29. The topological polar surface area (TPSA) is 134 Å². The van der Waals surface area contributed by atoms with Crippen molar-refractivity contribution in [2.75, 3.05) is 13.1 Å². The Balaban J connectivity index is 1.69. The van der Waals surface area contributed by atoms with Crippen LogP contribution in [0.3, 0.4) is 0 Å². The molecule has 2 heterocycles. The summed E-state index contributed by atoms with van der Waals surface area (Å²) in [4.78, 5) is 49.2. The Morgan fingerprint density at radius 1 is 1.40 bits per heavy atom. The molecule has 0 spiro atoms. The molecule has 1 saturated carbocycles. The van der Waals surface area contributed by atoms with Crippen LogP contribution in [-0.2, 0) is 14.4 Å². The van der Waals surface area contributed by atoms with E-state index < -0.39 is 35.3 Å². The molecule has 3 atom stereocenters. The smallest absolute Gasteiger partial charge is 0.291 e. The highest BCUT2D eigenvalue weighted by Crippen LogP contribution is 2.33. The molecule has 1 aromatic rings. The van der Waals surface area contributed by atoms with Crippen molar-refractivity contribution in [3.05, 3.63) is 17.5 Å². The standard InChI is InChI=1S/C18H23ClFN5O5/c1-9-6-13(24-30-9)16(27)22-12(7-10-2-3-10)17(28)23-25(18(29)14(19)20)8-11-4-5-21-15(11)26/h6,10-12,14H,2-5,7-8H2,1H3,(H,21,26)(H,22,27)(H,23,28)/t11-,12-,14-/m0/s1. The van der Waals surface area contributed by atoms with E-state index in [0.717, 1.165) is 12.8 Å². The molecule has 1 aromatic heterocycles. The molecule has 1 aliphatic carbocycles. The average Bonchev–Trinajstić information content (AvgIpc) is 3.26. The van der Waals surface area contributed by atoms with E-state index in [4.69, 9.17) is 16.1 Å². The van der Waals surface area contributed by atoms with Crippen molar-refractivity contribution >= 4 is 35.2 Å². The molecular weight excluding hydrogens is 421 g/mol. The van der Waals surface area contributed by atoms with Gasteiger partial charge in [0.05, 0.1) is 12.5 Å². The van der Waals surface area contributed by atoms with Crippen molar-refractivity contribution in [3.8, 4) is 0 Å². The Labute approximate surface area is 176 Å². The van der Waals surface area contributed by atoms with Gasteiger partial charge in [-0.05, 0) is 25.7 Å². The molecule has 0 radical (unpaired) electrons. The number of aryl methyl sites for hydroxylation is 1. The fourth-order valence-corrected chi connectivity index (χ4v) is 3.30. The van der Waals surface area contributed by atoms with Crippen LogP contribution >= 0.6 is 11.6 Å². The first-order chi connectivity index (χ1) is 14.2. The Bertz CT molecular complexity index is 828. The van der Waals surface area contributed by atoms with Gasteiger partial charge in [-0.2, -0.15) is 0 Å².